The Morgan fingerprint density at radius 1 is 0.935 bits per heavy atom. The normalized spacial score (nSPS) is 20.1. The first-order chi connectivity index (χ1) is 15.1. The highest BCUT2D eigenvalue weighted by Crippen LogP contribution is 2.29. The van der Waals surface area contributed by atoms with Crippen molar-refractivity contribution in [2.24, 2.45) is 0 Å². The molecule has 4 rings (SSSR count). The van der Waals surface area contributed by atoms with Crippen LogP contribution >= 0.6 is 0 Å². The van der Waals surface area contributed by atoms with Crippen molar-refractivity contribution < 1.29 is 14.3 Å². The molecule has 0 aromatic heterocycles. The summed E-state index contributed by atoms with van der Waals surface area (Å²) in [6, 6.07) is 16.6. The fourth-order valence-electron chi connectivity index (χ4n) is 4.67. The molecule has 1 saturated carbocycles. The fraction of sp³-hybridized carbons (Fsp3) is 0.519. The predicted octanol–water partition coefficient (Wildman–Crippen LogP) is 6.14. The topological polar surface area (TPSA) is 38.8 Å². The average molecular weight is 422 g/mol. The summed E-state index contributed by atoms with van der Waals surface area (Å²) in [4.78, 5) is 14.5. The molecule has 2 aromatic carbocycles. The number of hydrogen-bond acceptors (Lipinski definition) is 4. The van der Waals surface area contributed by atoms with Crippen LogP contribution in [-0.2, 0) is 4.79 Å². The third-order valence-corrected chi connectivity index (χ3v) is 6.61. The first kappa shape index (κ1) is 21.7. The second kappa shape index (κ2) is 10.2. The van der Waals surface area contributed by atoms with Crippen LogP contribution in [0.4, 0.5) is 5.69 Å². The van der Waals surface area contributed by atoms with Crippen LogP contribution in [0, 0.1) is 0 Å². The first-order valence-electron chi connectivity index (χ1n) is 11.9. The van der Waals surface area contributed by atoms with Gasteiger partial charge in [-0.25, -0.2) is 0 Å². The minimum atomic E-state index is -0.0448. The maximum Gasteiger partial charge on any atom is 0.140 e. The molecule has 166 valence electrons. The zero-order valence-corrected chi connectivity index (χ0v) is 18.9. The Labute approximate surface area is 186 Å². The number of benzene rings is 2. The van der Waals surface area contributed by atoms with E-state index < -0.39 is 0 Å². The molecule has 4 heteroatoms. The fourth-order valence-corrected chi connectivity index (χ4v) is 4.67. The summed E-state index contributed by atoms with van der Waals surface area (Å²) in [7, 11) is 0. The van der Waals surface area contributed by atoms with E-state index in [1.165, 1.54) is 31.4 Å². The molecular weight excluding hydrogens is 386 g/mol. The molecule has 0 radical (unpaired) electrons. The lowest BCUT2D eigenvalue weighted by Crippen LogP contribution is -2.24. The van der Waals surface area contributed by atoms with Gasteiger partial charge in [0.2, 0.25) is 0 Å². The summed E-state index contributed by atoms with van der Waals surface area (Å²) >= 11 is 0. The lowest BCUT2D eigenvalue weighted by Gasteiger charge is -2.20. The number of rotatable bonds is 9. The number of hydrogen-bond donors (Lipinski definition) is 0. The molecule has 1 aliphatic heterocycles. The van der Waals surface area contributed by atoms with Gasteiger partial charge in [-0.15, -0.1) is 0 Å². The zero-order valence-electron chi connectivity index (χ0n) is 18.9. The monoisotopic (exact) mass is 421 g/mol. The molecule has 31 heavy (non-hydrogen) atoms. The van der Waals surface area contributed by atoms with Gasteiger partial charge in [-0.3, -0.25) is 4.79 Å². The molecule has 0 amide bonds. The van der Waals surface area contributed by atoms with Gasteiger partial charge >= 0.3 is 0 Å². The first-order valence-corrected chi connectivity index (χ1v) is 11.9. The molecule has 2 atom stereocenters. The van der Waals surface area contributed by atoms with Gasteiger partial charge in [0.05, 0.1) is 12.6 Å². The minimum Gasteiger partial charge on any atom is -0.490 e. The molecule has 1 aliphatic carbocycles. The molecule has 0 spiro atoms. The van der Waals surface area contributed by atoms with E-state index in [0.29, 0.717) is 18.3 Å². The summed E-state index contributed by atoms with van der Waals surface area (Å²) in [6.07, 6.45) is 8.07. The van der Waals surface area contributed by atoms with Gasteiger partial charge in [-0.2, -0.15) is 0 Å². The van der Waals surface area contributed by atoms with Crippen LogP contribution < -0.4 is 14.4 Å². The van der Waals surface area contributed by atoms with Gasteiger partial charge in [0.15, 0.2) is 0 Å². The van der Waals surface area contributed by atoms with Gasteiger partial charge in [0, 0.05) is 31.0 Å². The van der Waals surface area contributed by atoms with Crippen LogP contribution in [0.2, 0.25) is 0 Å². The Balaban J connectivity index is 1.28. The van der Waals surface area contributed by atoms with E-state index in [-0.39, 0.29) is 12.0 Å². The van der Waals surface area contributed by atoms with Crippen molar-refractivity contribution in [3.05, 3.63) is 54.1 Å². The molecule has 2 aromatic rings. The van der Waals surface area contributed by atoms with Gasteiger partial charge in [-0.1, -0.05) is 26.0 Å². The lowest BCUT2D eigenvalue weighted by molar-refractivity contribution is -0.120. The Hall–Kier alpha value is -2.49. The second-order valence-corrected chi connectivity index (χ2v) is 9.00. The Kier molecular flexibility index (Phi) is 7.16. The highest BCUT2D eigenvalue weighted by Gasteiger charge is 2.25. The van der Waals surface area contributed by atoms with E-state index in [1.807, 2.05) is 38.1 Å². The van der Waals surface area contributed by atoms with E-state index in [9.17, 15) is 4.79 Å². The quantitative estimate of drug-likeness (QED) is 0.488. The van der Waals surface area contributed by atoms with Gasteiger partial charge in [-0.05, 0) is 74.1 Å². The van der Waals surface area contributed by atoms with Crippen molar-refractivity contribution in [1.82, 2.24) is 0 Å². The van der Waals surface area contributed by atoms with Gasteiger partial charge in [0.1, 0.15) is 23.4 Å². The van der Waals surface area contributed by atoms with E-state index >= 15 is 0 Å². The molecule has 1 saturated heterocycles. The van der Waals surface area contributed by atoms with Crippen LogP contribution in [0.5, 0.6) is 11.5 Å². The SMILES string of the molecule is CCCC(=O)C(C)c1ccc(O[C@@H]2CCN(c3ccc(OC4CCCC4)cc3)C2)cc1. The molecule has 0 bridgehead atoms. The van der Waals surface area contributed by atoms with Crippen LogP contribution in [0.1, 0.15) is 70.3 Å². The van der Waals surface area contributed by atoms with Crippen LogP contribution in [0.25, 0.3) is 0 Å². The number of carbonyl (C=O) groups excluding carboxylic acids is 1. The summed E-state index contributed by atoms with van der Waals surface area (Å²) < 4.78 is 12.3. The smallest absolute Gasteiger partial charge is 0.140 e. The Morgan fingerprint density at radius 3 is 2.19 bits per heavy atom. The van der Waals surface area contributed by atoms with Crippen LogP contribution in [0.15, 0.2) is 48.5 Å². The molecule has 1 heterocycles. The molecular formula is C27H35NO3. The highest BCUT2D eigenvalue weighted by atomic mass is 16.5. The second-order valence-electron chi connectivity index (χ2n) is 9.00. The summed E-state index contributed by atoms with van der Waals surface area (Å²) in [5.41, 5.74) is 2.29. The van der Waals surface area contributed by atoms with Crippen molar-refractivity contribution in [2.45, 2.75) is 76.9 Å². The lowest BCUT2D eigenvalue weighted by atomic mass is 9.94. The largest absolute Gasteiger partial charge is 0.490 e. The summed E-state index contributed by atoms with van der Waals surface area (Å²) in [5.74, 6) is 2.12. The van der Waals surface area contributed by atoms with E-state index in [4.69, 9.17) is 9.47 Å². The summed E-state index contributed by atoms with van der Waals surface area (Å²) in [6.45, 7) is 5.92. The number of carbonyl (C=O) groups is 1. The number of nitrogens with zero attached hydrogens (tertiary/aromatic N) is 1. The predicted molar refractivity (Wildman–Crippen MR) is 125 cm³/mol. The molecule has 2 aliphatic rings. The molecule has 2 fully saturated rings. The zero-order chi connectivity index (χ0) is 21.6. The number of ketones is 1. The highest BCUT2D eigenvalue weighted by molar-refractivity contribution is 5.85. The number of ether oxygens (including phenoxy) is 2. The molecule has 4 nitrogen and oxygen atoms in total. The average Bonchev–Trinajstić information content (AvgIpc) is 3.47. The van der Waals surface area contributed by atoms with E-state index in [0.717, 1.165) is 43.0 Å². The van der Waals surface area contributed by atoms with Crippen molar-refractivity contribution in [2.75, 3.05) is 18.0 Å². The number of anilines is 1. The maximum atomic E-state index is 12.1. The molecule has 1 unspecified atom stereocenters. The Morgan fingerprint density at radius 2 is 1.55 bits per heavy atom. The van der Waals surface area contributed by atoms with Crippen molar-refractivity contribution in [3.63, 3.8) is 0 Å². The molecule has 0 N–H and O–H groups in total. The van der Waals surface area contributed by atoms with Gasteiger partial charge < -0.3 is 14.4 Å². The maximum absolute atomic E-state index is 12.1. The van der Waals surface area contributed by atoms with Crippen molar-refractivity contribution >= 4 is 11.5 Å². The van der Waals surface area contributed by atoms with E-state index in [1.54, 1.807) is 0 Å². The minimum absolute atomic E-state index is 0.0448. The third kappa shape index (κ3) is 5.61. The van der Waals surface area contributed by atoms with Crippen molar-refractivity contribution in [1.29, 1.82) is 0 Å². The third-order valence-electron chi connectivity index (χ3n) is 6.61. The van der Waals surface area contributed by atoms with E-state index in [2.05, 4.69) is 29.2 Å². The van der Waals surface area contributed by atoms with Crippen LogP contribution in [-0.4, -0.2) is 31.1 Å². The standard InChI is InChI=1S/C27H35NO3/c1-3-6-27(29)20(2)21-9-13-24(14-10-21)31-26-17-18-28(19-26)22-11-15-25(16-12-22)30-23-7-4-5-8-23/h9-16,20,23,26H,3-8,17-19H2,1-2H3/t20?,26-/m1/s1. The Bertz CT molecular complexity index is 840. The summed E-state index contributed by atoms with van der Waals surface area (Å²) in [5, 5.41) is 0. The van der Waals surface area contributed by atoms with Gasteiger partial charge in [0.25, 0.3) is 0 Å². The van der Waals surface area contributed by atoms with Crippen molar-refractivity contribution in [3.8, 4) is 11.5 Å². The van der Waals surface area contributed by atoms with Crippen LogP contribution in [0.3, 0.4) is 0 Å². The number of Topliss-reactive ketones (excluding diaryl/α,β-unsaturated/α-hetero) is 1.